The zero-order valence-electron chi connectivity index (χ0n) is 9.80. The van der Waals surface area contributed by atoms with Crippen molar-refractivity contribution in [1.82, 2.24) is 0 Å². The van der Waals surface area contributed by atoms with Crippen molar-refractivity contribution in [2.75, 3.05) is 23.0 Å². The molecule has 0 unspecified atom stereocenters. The number of aliphatic hydroxyl groups is 1. The molecule has 0 aliphatic rings. The van der Waals surface area contributed by atoms with Gasteiger partial charge in [-0.25, -0.2) is 8.42 Å². The van der Waals surface area contributed by atoms with Gasteiger partial charge in [-0.2, -0.15) is 0 Å². The summed E-state index contributed by atoms with van der Waals surface area (Å²) < 4.78 is 24.3. The third kappa shape index (κ3) is 3.59. The van der Waals surface area contributed by atoms with Crippen molar-refractivity contribution in [3.63, 3.8) is 0 Å². The van der Waals surface area contributed by atoms with Gasteiger partial charge >= 0.3 is 0 Å². The molecule has 1 aromatic rings. The van der Waals surface area contributed by atoms with Crippen LogP contribution in [0.2, 0.25) is 0 Å². The highest BCUT2D eigenvalue weighted by Gasteiger charge is 2.15. The van der Waals surface area contributed by atoms with Gasteiger partial charge in [-0.1, -0.05) is 12.1 Å². The number of alkyl halides is 1. The monoisotopic (exact) mass is 277 g/mol. The van der Waals surface area contributed by atoms with Gasteiger partial charge in [0.2, 0.25) is 10.0 Å². The van der Waals surface area contributed by atoms with E-state index in [-0.39, 0.29) is 5.88 Å². The van der Waals surface area contributed by atoms with Crippen molar-refractivity contribution >= 4 is 27.3 Å². The molecular weight excluding hydrogens is 262 g/mol. The summed E-state index contributed by atoms with van der Waals surface area (Å²) >= 11 is 5.53. The van der Waals surface area contributed by atoms with Crippen LogP contribution in [0.25, 0.3) is 0 Å². The number of rotatable bonds is 5. The van der Waals surface area contributed by atoms with Gasteiger partial charge in [0.1, 0.15) is 0 Å². The van der Waals surface area contributed by atoms with Crippen LogP contribution >= 0.6 is 11.6 Å². The molecule has 96 valence electrons. The molecular formula is C11H16ClNO3S. The predicted octanol–water partition coefficient (Wildman–Crippen LogP) is 1.74. The third-order valence-corrected chi connectivity index (χ3v) is 3.96. The fraction of sp³-hybridized carbons (Fsp3) is 0.455. The molecule has 0 heterocycles. The maximum absolute atomic E-state index is 11.5. The van der Waals surface area contributed by atoms with Crippen molar-refractivity contribution in [2.24, 2.45) is 0 Å². The zero-order valence-corrected chi connectivity index (χ0v) is 11.4. The highest BCUT2D eigenvalue weighted by Crippen LogP contribution is 2.21. The number of sulfonamides is 1. The Balaban J connectivity index is 3.01. The second-order valence-electron chi connectivity index (χ2n) is 3.69. The van der Waals surface area contributed by atoms with E-state index in [9.17, 15) is 13.5 Å². The molecule has 6 heteroatoms. The number of benzene rings is 1. The number of halogens is 1. The summed E-state index contributed by atoms with van der Waals surface area (Å²) in [6.07, 6.45) is 0.442. The lowest BCUT2D eigenvalue weighted by Crippen LogP contribution is -2.29. The molecule has 0 bridgehead atoms. The van der Waals surface area contributed by atoms with Crippen molar-refractivity contribution < 1.29 is 13.5 Å². The van der Waals surface area contributed by atoms with Gasteiger partial charge in [0.15, 0.2) is 0 Å². The zero-order chi connectivity index (χ0) is 13.1. The summed E-state index contributed by atoms with van der Waals surface area (Å²) in [4.78, 5) is 0. The van der Waals surface area contributed by atoms with Crippen molar-refractivity contribution in [3.8, 4) is 0 Å². The second-order valence-corrected chi connectivity index (χ2v) is 5.90. The first-order valence-corrected chi connectivity index (χ1v) is 7.60. The van der Waals surface area contributed by atoms with E-state index in [2.05, 4.69) is 0 Å². The lowest BCUT2D eigenvalue weighted by Gasteiger charge is -2.20. The quantitative estimate of drug-likeness (QED) is 0.834. The SMILES string of the molecule is CCN(c1ccc([C@H](O)CCl)cc1)S(C)(=O)=O. The average Bonchev–Trinajstić information content (AvgIpc) is 2.28. The molecule has 0 aromatic heterocycles. The van der Waals surface area contributed by atoms with Gasteiger partial charge in [0.25, 0.3) is 0 Å². The fourth-order valence-electron chi connectivity index (χ4n) is 1.56. The minimum atomic E-state index is -3.26. The molecule has 0 aliphatic carbocycles. The highest BCUT2D eigenvalue weighted by molar-refractivity contribution is 7.92. The standard InChI is InChI=1S/C11H16ClNO3S/c1-3-13(17(2,15)16)10-6-4-9(5-7-10)11(14)8-12/h4-7,11,14H,3,8H2,1-2H3/t11-/m1/s1. The van der Waals surface area contributed by atoms with Crippen LogP contribution in [0.3, 0.4) is 0 Å². The summed E-state index contributed by atoms with van der Waals surface area (Å²) in [5.41, 5.74) is 1.26. The van der Waals surface area contributed by atoms with E-state index in [1.807, 2.05) is 0 Å². The number of hydrogen-bond donors (Lipinski definition) is 1. The Bertz CT molecular complexity index is 458. The molecule has 0 spiro atoms. The maximum atomic E-state index is 11.5. The Labute approximate surface area is 107 Å². The Kier molecular flexibility index (Phi) is 4.80. The smallest absolute Gasteiger partial charge is 0.232 e. The van der Waals surface area contributed by atoms with Gasteiger partial charge < -0.3 is 5.11 Å². The van der Waals surface area contributed by atoms with Crippen LogP contribution in [-0.4, -0.2) is 32.2 Å². The van der Waals surface area contributed by atoms with E-state index in [0.717, 1.165) is 6.26 Å². The first-order valence-electron chi connectivity index (χ1n) is 5.21. The molecule has 0 aliphatic heterocycles. The van der Waals surface area contributed by atoms with E-state index in [1.54, 1.807) is 31.2 Å². The Morgan fingerprint density at radius 3 is 2.24 bits per heavy atom. The number of anilines is 1. The fourth-order valence-corrected chi connectivity index (χ4v) is 2.71. The van der Waals surface area contributed by atoms with Crippen molar-refractivity contribution in [3.05, 3.63) is 29.8 Å². The minimum Gasteiger partial charge on any atom is -0.387 e. The van der Waals surface area contributed by atoms with Crippen LogP contribution in [0.1, 0.15) is 18.6 Å². The number of nitrogens with zero attached hydrogens (tertiary/aromatic N) is 1. The number of hydrogen-bond acceptors (Lipinski definition) is 3. The molecule has 0 radical (unpaired) electrons. The van der Waals surface area contributed by atoms with Crippen LogP contribution in [0, 0.1) is 0 Å². The lowest BCUT2D eigenvalue weighted by atomic mass is 10.1. The van der Waals surface area contributed by atoms with Gasteiger partial charge in [-0.05, 0) is 24.6 Å². The first-order chi connectivity index (χ1) is 7.90. The summed E-state index contributed by atoms with van der Waals surface area (Å²) in [5, 5.41) is 9.51. The van der Waals surface area contributed by atoms with Gasteiger partial charge in [0, 0.05) is 6.54 Å². The van der Waals surface area contributed by atoms with Gasteiger partial charge in [-0.3, -0.25) is 4.31 Å². The normalized spacial score (nSPS) is 13.4. The number of aliphatic hydroxyl groups excluding tert-OH is 1. The summed E-state index contributed by atoms with van der Waals surface area (Å²) in [6, 6.07) is 6.68. The summed E-state index contributed by atoms with van der Waals surface area (Å²) in [5.74, 6) is 0.114. The molecule has 17 heavy (non-hydrogen) atoms. The van der Waals surface area contributed by atoms with Gasteiger partial charge in [0.05, 0.1) is 23.9 Å². The molecule has 0 amide bonds. The minimum absolute atomic E-state index is 0.114. The molecule has 0 saturated carbocycles. The van der Waals surface area contributed by atoms with Crippen molar-refractivity contribution in [2.45, 2.75) is 13.0 Å². The van der Waals surface area contributed by atoms with E-state index >= 15 is 0 Å². The topological polar surface area (TPSA) is 57.6 Å². The Morgan fingerprint density at radius 1 is 1.35 bits per heavy atom. The molecule has 1 rings (SSSR count). The van der Waals surface area contributed by atoms with Crippen LogP contribution < -0.4 is 4.31 Å². The molecule has 1 N–H and O–H groups in total. The van der Waals surface area contributed by atoms with E-state index < -0.39 is 16.1 Å². The molecule has 1 aromatic carbocycles. The highest BCUT2D eigenvalue weighted by atomic mass is 35.5. The van der Waals surface area contributed by atoms with Crippen LogP contribution in [0.5, 0.6) is 0 Å². The Hall–Kier alpha value is -0.780. The van der Waals surface area contributed by atoms with E-state index in [1.165, 1.54) is 4.31 Å². The van der Waals surface area contributed by atoms with Crippen LogP contribution in [0.15, 0.2) is 24.3 Å². The molecule has 1 atom stereocenters. The lowest BCUT2D eigenvalue weighted by molar-refractivity contribution is 0.202. The molecule has 0 fully saturated rings. The van der Waals surface area contributed by atoms with E-state index in [0.29, 0.717) is 17.8 Å². The van der Waals surface area contributed by atoms with E-state index in [4.69, 9.17) is 11.6 Å². The Morgan fingerprint density at radius 2 is 1.88 bits per heavy atom. The molecule has 4 nitrogen and oxygen atoms in total. The first kappa shape index (κ1) is 14.3. The van der Waals surface area contributed by atoms with Crippen molar-refractivity contribution in [1.29, 1.82) is 0 Å². The van der Waals surface area contributed by atoms with Gasteiger partial charge in [-0.15, -0.1) is 11.6 Å². The van der Waals surface area contributed by atoms with Crippen LogP contribution in [-0.2, 0) is 10.0 Å². The third-order valence-electron chi connectivity index (χ3n) is 2.40. The predicted molar refractivity (Wildman–Crippen MR) is 70.0 cm³/mol. The average molecular weight is 278 g/mol. The molecule has 0 saturated heterocycles. The summed E-state index contributed by atoms with van der Waals surface area (Å²) in [6.45, 7) is 2.14. The second kappa shape index (κ2) is 5.71. The summed E-state index contributed by atoms with van der Waals surface area (Å²) in [7, 11) is -3.26. The maximum Gasteiger partial charge on any atom is 0.232 e. The van der Waals surface area contributed by atoms with Crippen LogP contribution in [0.4, 0.5) is 5.69 Å². The largest absolute Gasteiger partial charge is 0.387 e.